The van der Waals surface area contributed by atoms with Gasteiger partial charge in [0.2, 0.25) is 0 Å². The van der Waals surface area contributed by atoms with Crippen LogP contribution in [0.2, 0.25) is 0 Å². The molecule has 0 aliphatic carbocycles. The van der Waals surface area contributed by atoms with E-state index in [1.165, 1.54) is 0 Å². The third-order valence-corrected chi connectivity index (χ3v) is 3.83. The molecule has 4 heteroatoms. The molecule has 0 atom stereocenters. The lowest BCUT2D eigenvalue weighted by atomic mass is 10.00. The van der Waals surface area contributed by atoms with Crippen molar-refractivity contribution in [3.05, 3.63) is 72.6 Å². The number of aryl methyl sites for hydroxylation is 1. The van der Waals surface area contributed by atoms with Crippen LogP contribution >= 0.6 is 0 Å². The number of benzene rings is 2. The smallest absolute Gasteiger partial charge is 0.155 e. The fraction of sp³-hybridized carbons (Fsp3) is 0.0526. The van der Waals surface area contributed by atoms with Crippen LogP contribution in [0.5, 0.6) is 5.75 Å². The molecule has 0 aliphatic heterocycles. The molecule has 0 aliphatic rings. The summed E-state index contributed by atoms with van der Waals surface area (Å²) in [4.78, 5) is 4.49. The number of para-hydroxylation sites is 1. The summed E-state index contributed by atoms with van der Waals surface area (Å²) in [5.74, 6) is -0.0228. The molecule has 0 radical (unpaired) electrons. The van der Waals surface area contributed by atoms with E-state index in [1.54, 1.807) is 16.6 Å². The zero-order valence-electron chi connectivity index (χ0n) is 12.6. The lowest BCUT2D eigenvalue weighted by molar-refractivity contribution is -0.267. The molecule has 4 rings (SSSR count). The van der Waals surface area contributed by atoms with Crippen molar-refractivity contribution in [2.75, 3.05) is 0 Å². The van der Waals surface area contributed by atoms with Crippen molar-refractivity contribution in [3.8, 4) is 28.1 Å². The molecule has 0 amide bonds. The average Bonchev–Trinajstić information content (AvgIpc) is 2.96. The van der Waals surface area contributed by atoms with E-state index in [1.807, 2.05) is 61.7 Å². The summed E-state index contributed by atoms with van der Waals surface area (Å²) in [6.45, 7) is 1.92. The molecule has 0 N–H and O–H groups in total. The van der Waals surface area contributed by atoms with Gasteiger partial charge in [-0.3, -0.25) is 0 Å². The Morgan fingerprint density at radius 2 is 1.65 bits per heavy atom. The normalized spacial score (nSPS) is 11.0. The van der Waals surface area contributed by atoms with E-state index in [-0.39, 0.29) is 5.75 Å². The second kappa shape index (κ2) is 5.25. The standard InChI is InChI=1S/C19H15N3O/c1-13-11-18-20-12-16(14-7-3-2-4-8-14)19(22(18)21-13)15-9-5-6-10-17(15)23/h2-12,23H,1H3/p-1. The van der Waals surface area contributed by atoms with Crippen LogP contribution in [0.3, 0.4) is 0 Å². The molecular formula is C19H14N3O-. The zero-order chi connectivity index (χ0) is 15.8. The summed E-state index contributed by atoms with van der Waals surface area (Å²) in [6, 6.07) is 18.9. The first-order chi connectivity index (χ1) is 11.2. The van der Waals surface area contributed by atoms with E-state index in [9.17, 15) is 5.11 Å². The number of rotatable bonds is 2. The number of hydrogen-bond acceptors (Lipinski definition) is 3. The van der Waals surface area contributed by atoms with Crippen LogP contribution in [-0.4, -0.2) is 14.6 Å². The maximum atomic E-state index is 12.4. The highest BCUT2D eigenvalue weighted by Gasteiger charge is 2.14. The SMILES string of the molecule is Cc1cc2ncc(-c3ccccc3)c(-c3ccccc3[O-])n2n1. The van der Waals surface area contributed by atoms with Crippen molar-refractivity contribution in [2.24, 2.45) is 0 Å². The van der Waals surface area contributed by atoms with E-state index < -0.39 is 0 Å². The van der Waals surface area contributed by atoms with Gasteiger partial charge in [-0.2, -0.15) is 5.10 Å². The van der Waals surface area contributed by atoms with Crippen molar-refractivity contribution in [1.82, 2.24) is 14.6 Å². The lowest BCUT2D eigenvalue weighted by Gasteiger charge is -2.17. The highest BCUT2D eigenvalue weighted by molar-refractivity contribution is 5.84. The minimum atomic E-state index is -0.0228. The predicted molar refractivity (Wildman–Crippen MR) is 88.0 cm³/mol. The average molecular weight is 300 g/mol. The minimum absolute atomic E-state index is 0.0228. The molecule has 0 saturated carbocycles. The molecule has 112 valence electrons. The highest BCUT2D eigenvalue weighted by atomic mass is 16.3. The first kappa shape index (κ1) is 13.5. The lowest BCUT2D eigenvalue weighted by Crippen LogP contribution is -2.02. The van der Waals surface area contributed by atoms with Crippen molar-refractivity contribution in [2.45, 2.75) is 6.92 Å². The predicted octanol–water partition coefficient (Wildman–Crippen LogP) is 3.45. The minimum Gasteiger partial charge on any atom is -0.872 e. The molecule has 4 nitrogen and oxygen atoms in total. The van der Waals surface area contributed by atoms with Crippen molar-refractivity contribution < 1.29 is 5.11 Å². The maximum absolute atomic E-state index is 12.4. The molecule has 0 fully saturated rings. The van der Waals surface area contributed by atoms with Gasteiger partial charge < -0.3 is 5.11 Å². The monoisotopic (exact) mass is 300 g/mol. The molecule has 4 aromatic rings. The Morgan fingerprint density at radius 1 is 0.913 bits per heavy atom. The van der Waals surface area contributed by atoms with Gasteiger partial charge in [0.15, 0.2) is 5.65 Å². The molecule has 0 unspecified atom stereocenters. The van der Waals surface area contributed by atoms with E-state index in [2.05, 4.69) is 10.1 Å². The fourth-order valence-electron chi connectivity index (χ4n) is 2.80. The molecule has 2 aromatic carbocycles. The Hall–Kier alpha value is -3.14. The number of aromatic nitrogens is 3. The summed E-state index contributed by atoms with van der Waals surface area (Å²) in [5, 5.41) is 16.9. The van der Waals surface area contributed by atoms with Crippen LogP contribution in [0.25, 0.3) is 28.0 Å². The van der Waals surface area contributed by atoms with Crippen molar-refractivity contribution in [3.63, 3.8) is 0 Å². The Balaban J connectivity index is 2.12. The van der Waals surface area contributed by atoms with E-state index >= 15 is 0 Å². The summed E-state index contributed by atoms with van der Waals surface area (Å²) in [5.41, 5.74) is 4.91. The third-order valence-electron chi connectivity index (χ3n) is 3.83. The van der Waals surface area contributed by atoms with Gasteiger partial charge in [0.25, 0.3) is 0 Å². The summed E-state index contributed by atoms with van der Waals surface area (Å²) in [6.07, 6.45) is 1.81. The topological polar surface area (TPSA) is 53.2 Å². The highest BCUT2D eigenvalue weighted by Crippen LogP contribution is 2.35. The Bertz CT molecular complexity index is 990. The Labute approximate surface area is 133 Å². The van der Waals surface area contributed by atoms with Crippen LogP contribution in [0, 0.1) is 6.92 Å². The number of nitrogens with zero attached hydrogens (tertiary/aromatic N) is 3. The van der Waals surface area contributed by atoms with Gasteiger partial charge in [-0.1, -0.05) is 60.3 Å². The van der Waals surface area contributed by atoms with Crippen molar-refractivity contribution >= 4 is 5.65 Å². The fourth-order valence-corrected chi connectivity index (χ4v) is 2.80. The maximum Gasteiger partial charge on any atom is 0.155 e. The third kappa shape index (κ3) is 2.25. The number of fused-ring (bicyclic) bond motifs is 1. The van der Waals surface area contributed by atoms with Gasteiger partial charge in [0.05, 0.1) is 11.4 Å². The molecule has 2 heterocycles. The van der Waals surface area contributed by atoms with Gasteiger partial charge in [-0.25, -0.2) is 9.50 Å². The largest absolute Gasteiger partial charge is 0.872 e. The van der Waals surface area contributed by atoms with Crippen LogP contribution in [0.15, 0.2) is 66.9 Å². The molecule has 0 saturated heterocycles. The van der Waals surface area contributed by atoms with E-state index in [0.29, 0.717) is 5.56 Å². The Kier molecular flexibility index (Phi) is 3.08. The second-order valence-corrected chi connectivity index (χ2v) is 5.44. The summed E-state index contributed by atoms with van der Waals surface area (Å²) >= 11 is 0. The van der Waals surface area contributed by atoms with Gasteiger partial charge in [-0.05, 0) is 18.1 Å². The van der Waals surface area contributed by atoms with Crippen LogP contribution in [0.1, 0.15) is 5.69 Å². The second-order valence-electron chi connectivity index (χ2n) is 5.44. The summed E-state index contributed by atoms with van der Waals surface area (Å²) < 4.78 is 1.76. The summed E-state index contributed by atoms with van der Waals surface area (Å²) in [7, 11) is 0. The van der Waals surface area contributed by atoms with Crippen LogP contribution in [0.4, 0.5) is 0 Å². The zero-order valence-corrected chi connectivity index (χ0v) is 12.6. The van der Waals surface area contributed by atoms with Crippen molar-refractivity contribution in [1.29, 1.82) is 0 Å². The van der Waals surface area contributed by atoms with Gasteiger partial charge in [-0.15, -0.1) is 0 Å². The van der Waals surface area contributed by atoms with Gasteiger partial charge >= 0.3 is 0 Å². The molecule has 2 aromatic heterocycles. The first-order valence-corrected chi connectivity index (χ1v) is 7.41. The molecule has 23 heavy (non-hydrogen) atoms. The Morgan fingerprint density at radius 3 is 2.43 bits per heavy atom. The number of hydrogen-bond donors (Lipinski definition) is 0. The molecular weight excluding hydrogens is 286 g/mol. The van der Waals surface area contributed by atoms with Gasteiger partial charge in [0.1, 0.15) is 0 Å². The van der Waals surface area contributed by atoms with Crippen LogP contribution in [-0.2, 0) is 0 Å². The van der Waals surface area contributed by atoms with Gasteiger partial charge in [0, 0.05) is 17.8 Å². The first-order valence-electron chi connectivity index (χ1n) is 7.41. The van der Waals surface area contributed by atoms with Crippen LogP contribution < -0.4 is 5.11 Å². The quantitative estimate of drug-likeness (QED) is 0.570. The molecule has 0 bridgehead atoms. The van der Waals surface area contributed by atoms with E-state index in [4.69, 9.17) is 0 Å². The molecule has 0 spiro atoms. The van der Waals surface area contributed by atoms with E-state index in [0.717, 1.165) is 28.2 Å².